The maximum Gasteiger partial charge on any atom is 0.323 e. The highest BCUT2D eigenvalue weighted by Crippen LogP contribution is 2.37. The van der Waals surface area contributed by atoms with Gasteiger partial charge in [-0.3, -0.25) is 4.98 Å². The number of fused-ring (bicyclic) bond motifs is 1. The van der Waals surface area contributed by atoms with Crippen LogP contribution in [0.1, 0.15) is 0 Å². The van der Waals surface area contributed by atoms with Gasteiger partial charge in [-0.15, -0.1) is 10.2 Å². The number of hydrogen-bond acceptors (Lipinski definition) is 10. The smallest absolute Gasteiger partial charge is 0.323 e. The first-order valence-electron chi connectivity index (χ1n) is 12.4. The molecule has 11 nitrogen and oxygen atoms in total. The van der Waals surface area contributed by atoms with Crippen LogP contribution in [0.3, 0.4) is 0 Å². The Morgan fingerprint density at radius 1 is 0.974 bits per heavy atom. The van der Waals surface area contributed by atoms with Gasteiger partial charge in [0.25, 0.3) is 5.22 Å². The lowest BCUT2D eigenvalue weighted by atomic mass is 10.1. The van der Waals surface area contributed by atoms with E-state index in [9.17, 15) is 4.79 Å². The number of nitrogens with zero attached hydrogens (tertiary/aromatic N) is 7. The molecule has 4 heterocycles. The van der Waals surface area contributed by atoms with Crippen molar-refractivity contribution in [3.8, 4) is 11.5 Å². The summed E-state index contributed by atoms with van der Waals surface area (Å²) in [7, 11) is 2.11. The summed E-state index contributed by atoms with van der Waals surface area (Å²) in [5.74, 6) is 0.376. The molecule has 0 spiro atoms. The predicted octanol–water partition coefficient (Wildman–Crippen LogP) is 4.62. The minimum Gasteiger partial charge on any atom is -0.411 e. The lowest BCUT2D eigenvalue weighted by Crippen LogP contribution is -2.44. The molecular weight excluding hydrogens is 514 g/mol. The van der Waals surface area contributed by atoms with Crippen molar-refractivity contribution in [2.24, 2.45) is 0 Å². The van der Waals surface area contributed by atoms with E-state index in [4.69, 9.17) is 4.42 Å². The topological polar surface area (TPSA) is 125 Å². The standard InChI is InChI=1S/C27H25N9O2S/c1-35-10-12-36(13-11-35)23-15-21-20(14-22(23)32-26(37)31-19-7-3-2-4-8-19)25(30-17-29-21)39-27-34-33-24(38-27)18-6-5-9-28-16-18/h2-9,14-17H,10-13H2,1H3,(H2,31,32,37). The molecule has 0 atom stereocenters. The molecule has 1 fully saturated rings. The zero-order chi connectivity index (χ0) is 26.6. The van der Waals surface area contributed by atoms with Gasteiger partial charge in [-0.05, 0) is 55.2 Å². The third-order valence-electron chi connectivity index (χ3n) is 6.34. The highest BCUT2D eigenvalue weighted by Gasteiger charge is 2.21. The van der Waals surface area contributed by atoms with Crippen LogP contribution in [0.4, 0.5) is 21.9 Å². The molecule has 0 unspecified atom stereocenters. The number of hydrogen-bond donors (Lipinski definition) is 2. The average molecular weight is 540 g/mol. The SMILES string of the molecule is CN1CCN(c2cc3ncnc(Sc4nnc(-c5cccnc5)o4)c3cc2NC(=O)Nc2ccccc2)CC1. The van der Waals surface area contributed by atoms with Gasteiger partial charge in [0.05, 0.1) is 22.5 Å². The summed E-state index contributed by atoms with van der Waals surface area (Å²) in [6.45, 7) is 3.52. The van der Waals surface area contributed by atoms with Crippen LogP contribution in [0.15, 0.2) is 88.0 Å². The van der Waals surface area contributed by atoms with Gasteiger partial charge in [0.15, 0.2) is 0 Å². The largest absolute Gasteiger partial charge is 0.411 e. The molecule has 1 aliphatic rings. The highest BCUT2D eigenvalue weighted by molar-refractivity contribution is 7.99. The molecule has 2 aromatic carbocycles. The van der Waals surface area contributed by atoms with Gasteiger partial charge in [-0.2, -0.15) is 0 Å². The van der Waals surface area contributed by atoms with Crippen LogP contribution in [-0.2, 0) is 0 Å². The van der Waals surface area contributed by atoms with Gasteiger partial charge < -0.3 is 24.9 Å². The summed E-state index contributed by atoms with van der Waals surface area (Å²) in [5, 5.41) is 16.0. The number of benzene rings is 2. The predicted molar refractivity (Wildman–Crippen MR) is 150 cm³/mol. The van der Waals surface area contributed by atoms with E-state index in [-0.39, 0.29) is 6.03 Å². The second-order valence-corrected chi connectivity index (χ2v) is 9.96. The second-order valence-electron chi connectivity index (χ2n) is 9.02. The molecule has 39 heavy (non-hydrogen) atoms. The maximum absolute atomic E-state index is 13.0. The summed E-state index contributed by atoms with van der Waals surface area (Å²) in [5.41, 5.74) is 3.76. The van der Waals surface area contributed by atoms with Crippen LogP contribution in [-0.4, -0.2) is 69.3 Å². The van der Waals surface area contributed by atoms with Crippen molar-refractivity contribution in [2.75, 3.05) is 48.8 Å². The molecule has 2 N–H and O–H groups in total. The third-order valence-corrected chi connectivity index (χ3v) is 7.20. The van der Waals surface area contributed by atoms with Crippen LogP contribution in [0.5, 0.6) is 0 Å². The molecule has 0 aliphatic carbocycles. The normalized spacial score (nSPS) is 13.9. The van der Waals surface area contributed by atoms with Crippen molar-refractivity contribution in [2.45, 2.75) is 10.2 Å². The van der Waals surface area contributed by atoms with Crippen LogP contribution in [0.25, 0.3) is 22.4 Å². The van der Waals surface area contributed by atoms with Gasteiger partial charge in [0.1, 0.15) is 11.4 Å². The number of carbonyl (C=O) groups excluding carboxylic acids is 1. The molecule has 196 valence electrons. The fraction of sp³-hybridized carbons (Fsp3) is 0.185. The molecule has 2 amide bonds. The fourth-order valence-electron chi connectivity index (χ4n) is 4.30. The number of carbonyl (C=O) groups is 1. The average Bonchev–Trinajstić information content (AvgIpc) is 3.43. The number of amides is 2. The number of anilines is 3. The van der Waals surface area contributed by atoms with Crippen molar-refractivity contribution in [1.29, 1.82) is 0 Å². The number of likely N-dealkylation sites (N-methyl/N-ethyl adjacent to an activating group) is 1. The zero-order valence-corrected chi connectivity index (χ0v) is 21.9. The number of para-hydroxylation sites is 1. The Morgan fingerprint density at radius 3 is 2.62 bits per heavy atom. The van der Waals surface area contributed by atoms with E-state index in [1.165, 1.54) is 18.1 Å². The number of pyridine rings is 1. The molecule has 12 heteroatoms. The van der Waals surface area contributed by atoms with Crippen LogP contribution in [0, 0.1) is 0 Å². The Kier molecular flexibility index (Phi) is 7.02. The zero-order valence-electron chi connectivity index (χ0n) is 21.1. The van der Waals surface area contributed by atoms with Crippen LogP contribution < -0.4 is 15.5 Å². The lowest BCUT2D eigenvalue weighted by molar-refractivity contribution is 0.262. The molecule has 3 aromatic heterocycles. The van der Waals surface area contributed by atoms with Crippen LogP contribution in [0.2, 0.25) is 0 Å². The minimum absolute atomic E-state index is 0.333. The van der Waals surface area contributed by atoms with Crippen molar-refractivity contribution in [3.05, 3.63) is 73.3 Å². The van der Waals surface area contributed by atoms with Crippen molar-refractivity contribution in [3.63, 3.8) is 0 Å². The summed E-state index contributed by atoms with van der Waals surface area (Å²) in [6, 6.07) is 16.6. The molecule has 0 saturated carbocycles. The molecule has 0 bridgehead atoms. The van der Waals surface area contributed by atoms with Gasteiger partial charge in [-0.1, -0.05) is 18.2 Å². The first-order chi connectivity index (χ1) is 19.1. The Balaban J connectivity index is 1.33. The molecule has 5 aromatic rings. The molecule has 1 aliphatic heterocycles. The van der Waals surface area contributed by atoms with E-state index in [1.54, 1.807) is 12.4 Å². The third kappa shape index (κ3) is 5.66. The molecule has 6 rings (SSSR count). The van der Waals surface area contributed by atoms with E-state index >= 15 is 0 Å². The second kappa shape index (κ2) is 11.1. The monoisotopic (exact) mass is 539 g/mol. The Labute approximate surface area is 228 Å². The summed E-state index contributed by atoms with van der Waals surface area (Å²) in [4.78, 5) is 30.7. The van der Waals surface area contributed by atoms with Gasteiger partial charge in [0.2, 0.25) is 5.89 Å². The number of nitrogens with one attached hydrogen (secondary N) is 2. The number of aromatic nitrogens is 5. The summed E-state index contributed by atoms with van der Waals surface area (Å²) >= 11 is 1.24. The van der Waals surface area contributed by atoms with E-state index in [0.717, 1.165) is 48.3 Å². The number of rotatable bonds is 6. The minimum atomic E-state index is -0.333. The Morgan fingerprint density at radius 2 is 1.82 bits per heavy atom. The van der Waals surface area contributed by atoms with Gasteiger partial charge in [-0.25, -0.2) is 14.8 Å². The van der Waals surface area contributed by atoms with Crippen LogP contribution >= 0.6 is 11.8 Å². The quantitative estimate of drug-likeness (QED) is 0.295. The van der Waals surface area contributed by atoms with E-state index < -0.39 is 0 Å². The first kappa shape index (κ1) is 24.8. The molecule has 1 saturated heterocycles. The van der Waals surface area contributed by atoms with E-state index in [0.29, 0.717) is 27.5 Å². The fourth-order valence-corrected chi connectivity index (χ4v) is 5.05. The Bertz CT molecular complexity index is 1590. The van der Waals surface area contributed by atoms with Crippen molar-refractivity contribution in [1.82, 2.24) is 30.0 Å². The first-order valence-corrected chi connectivity index (χ1v) is 13.2. The van der Waals surface area contributed by atoms with Crippen molar-refractivity contribution >= 4 is 45.8 Å². The number of urea groups is 1. The van der Waals surface area contributed by atoms with Gasteiger partial charge >= 0.3 is 6.03 Å². The van der Waals surface area contributed by atoms with E-state index in [2.05, 4.69) is 52.6 Å². The Hall–Kier alpha value is -4.55. The highest BCUT2D eigenvalue weighted by atomic mass is 32.2. The molecular formula is C27H25N9O2S. The lowest BCUT2D eigenvalue weighted by Gasteiger charge is -2.35. The maximum atomic E-state index is 13.0. The number of piperazine rings is 1. The van der Waals surface area contributed by atoms with Crippen molar-refractivity contribution < 1.29 is 9.21 Å². The molecule has 0 radical (unpaired) electrons. The van der Waals surface area contributed by atoms with Gasteiger partial charge in [0, 0.05) is 49.6 Å². The van der Waals surface area contributed by atoms with E-state index in [1.807, 2.05) is 54.6 Å². The summed E-state index contributed by atoms with van der Waals surface area (Å²) < 4.78 is 5.86. The summed E-state index contributed by atoms with van der Waals surface area (Å²) in [6.07, 6.45) is 4.87.